The molecule has 0 spiro atoms. The molecule has 1 saturated heterocycles. The molecule has 2 rings (SSSR count). The summed E-state index contributed by atoms with van der Waals surface area (Å²) < 4.78 is 0. The number of likely N-dealkylation sites (tertiary alicyclic amines) is 1. The molecule has 1 aliphatic heterocycles. The van der Waals surface area contributed by atoms with Crippen molar-refractivity contribution in [3.8, 4) is 0 Å². The average Bonchev–Trinajstić information content (AvgIpc) is 3.04. The van der Waals surface area contributed by atoms with Gasteiger partial charge in [-0.05, 0) is 31.7 Å². The molecule has 0 aromatic carbocycles. The highest BCUT2D eigenvalue weighted by atomic mass is 16.2. The molecule has 1 aromatic heterocycles. The lowest BCUT2D eigenvalue weighted by atomic mass is 9.80. The Balaban J connectivity index is 2.10. The first-order valence-electron chi connectivity index (χ1n) is 7.65. The number of aromatic nitrogens is 2. The summed E-state index contributed by atoms with van der Waals surface area (Å²) in [5, 5.41) is 7.05. The van der Waals surface area contributed by atoms with Crippen LogP contribution in [0.4, 0.5) is 0 Å². The SMILES string of the molecule is CCC(CC)(CN)C(=O)N1CCCC(c2ccn[nH]2)C1. The Morgan fingerprint density at radius 3 is 2.85 bits per heavy atom. The Morgan fingerprint density at radius 2 is 2.30 bits per heavy atom. The molecular formula is C15H26N4O. The summed E-state index contributed by atoms with van der Waals surface area (Å²) in [6.45, 7) is 6.19. The summed E-state index contributed by atoms with van der Waals surface area (Å²) in [5.41, 5.74) is 6.66. The quantitative estimate of drug-likeness (QED) is 0.863. The van der Waals surface area contributed by atoms with Crippen LogP contribution in [0, 0.1) is 5.41 Å². The second-order valence-corrected chi connectivity index (χ2v) is 5.79. The summed E-state index contributed by atoms with van der Waals surface area (Å²) in [4.78, 5) is 14.9. The molecule has 1 amide bonds. The Morgan fingerprint density at radius 1 is 1.55 bits per heavy atom. The summed E-state index contributed by atoms with van der Waals surface area (Å²) in [5.74, 6) is 0.605. The number of amides is 1. The normalized spacial score (nSPS) is 20.1. The van der Waals surface area contributed by atoms with Crippen LogP contribution in [0.25, 0.3) is 0 Å². The summed E-state index contributed by atoms with van der Waals surface area (Å²) >= 11 is 0. The molecule has 0 aliphatic carbocycles. The molecule has 5 heteroatoms. The van der Waals surface area contributed by atoms with Crippen molar-refractivity contribution in [2.45, 2.75) is 45.4 Å². The lowest BCUT2D eigenvalue weighted by Crippen LogP contribution is -2.50. The monoisotopic (exact) mass is 278 g/mol. The van der Waals surface area contributed by atoms with Crippen LogP contribution in [0.5, 0.6) is 0 Å². The van der Waals surface area contributed by atoms with Gasteiger partial charge in [-0.25, -0.2) is 0 Å². The largest absolute Gasteiger partial charge is 0.342 e. The number of hydrogen-bond acceptors (Lipinski definition) is 3. The van der Waals surface area contributed by atoms with Gasteiger partial charge in [-0.1, -0.05) is 13.8 Å². The number of H-pyrrole nitrogens is 1. The van der Waals surface area contributed by atoms with E-state index in [0.29, 0.717) is 12.5 Å². The van der Waals surface area contributed by atoms with E-state index in [-0.39, 0.29) is 11.3 Å². The second-order valence-electron chi connectivity index (χ2n) is 5.79. The van der Waals surface area contributed by atoms with E-state index in [4.69, 9.17) is 5.73 Å². The maximum Gasteiger partial charge on any atom is 0.230 e. The van der Waals surface area contributed by atoms with Gasteiger partial charge in [0.25, 0.3) is 0 Å². The molecular weight excluding hydrogens is 252 g/mol. The molecule has 20 heavy (non-hydrogen) atoms. The minimum absolute atomic E-state index is 0.231. The molecule has 1 aliphatic rings. The molecule has 1 atom stereocenters. The van der Waals surface area contributed by atoms with Gasteiger partial charge >= 0.3 is 0 Å². The third kappa shape index (κ3) is 2.73. The van der Waals surface area contributed by atoms with Gasteiger partial charge in [0.05, 0.1) is 5.41 Å². The van der Waals surface area contributed by atoms with E-state index in [1.54, 1.807) is 6.20 Å². The number of nitrogens with one attached hydrogen (secondary N) is 1. The summed E-state index contributed by atoms with van der Waals surface area (Å²) in [7, 11) is 0. The minimum Gasteiger partial charge on any atom is -0.342 e. The van der Waals surface area contributed by atoms with Gasteiger partial charge in [0.15, 0.2) is 0 Å². The minimum atomic E-state index is -0.379. The zero-order valence-electron chi connectivity index (χ0n) is 12.6. The Hall–Kier alpha value is -1.36. The first kappa shape index (κ1) is 15.0. The van der Waals surface area contributed by atoms with Crippen molar-refractivity contribution in [1.82, 2.24) is 15.1 Å². The number of carbonyl (C=O) groups is 1. The third-order valence-corrected chi connectivity index (χ3v) is 4.87. The highest BCUT2D eigenvalue weighted by Gasteiger charge is 2.38. The molecule has 1 unspecified atom stereocenters. The highest BCUT2D eigenvalue weighted by molar-refractivity contribution is 5.83. The fourth-order valence-corrected chi connectivity index (χ4v) is 3.17. The van der Waals surface area contributed by atoms with Gasteiger partial charge in [0, 0.05) is 37.4 Å². The predicted octanol–water partition coefficient (Wildman–Crippen LogP) is 1.88. The van der Waals surface area contributed by atoms with Crippen LogP contribution in [0.15, 0.2) is 12.3 Å². The second kappa shape index (κ2) is 6.39. The van der Waals surface area contributed by atoms with E-state index in [0.717, 1.165) is 44.5 Å². The number of nitrogens with zero attached hydrogens (tertiary/aromatic N) is 2. The van der Waals surface area contributed by atoms with Gasteiger partial charge in [0.2, 0.25) is 5.91 Å². The van der Waals surface area contributed by atoms with Crippen LogP contribution in [0.2, 0.25) is 0 Å². The molecule has 1 aromatic rings. The average molecular weight is 278 g/mol. The number of hydrogen-bond donors (Lipinski definition) is 2. The molecule has 5 nitrogen and oxygen atoms in total. The number of rotatable bonds is 5. The van der Waals surface area contributed by atoms with Crippen molar-refractivity contribution < 1.29 is 4.79 Å². The van der Waals surface area contributed by atoms with Crippen molar-refractivity contribution in [1.29, 1.82) is 0 Å². The van der Waals surface area contributed by atoms with Gasteiger partial charge in [0.1, 0.15) is 0 Å². The van der Waals surface area contributed by atoms with Crippen LogP contribution in [-0.4, -0.2) is 40.6 Å². The smallest absolute Gasteiger partial charge is 0.230 e. The van der Waals surface area contributed by atoms with Crippen LogP contribution >= 0.6 is 0 Å². The number of aromatic amines is 1. The molecule has 0 saturated carbocycles. The van der Waals surface area contributed by atoms with Gasteiger partial charge < -0.3 is 10.6 Å². The van der Waals surface area contributed by atoms with E-state index < -0.39 is 0 Å². The molecule has 0 bridgehead atoms. The molecule has 2 heterocycles. The third-order valence-electron chi connectivity index (χ3n) is 4.87. The van der Waals surface area contributed by atoms with Crippen LogP contribution < -0.4 is 5.73 Å². The molecule has 3 N–H and O–H groups in total. The number of nitrogens with two attached hydrogens (primary N) is 1. The Kier molecular flexibility index (Phi) is 4.81. The zero-order chi connectivity index (χ0) is 14.6. The fraction of sp³-hybridized carbons (Fsp3) is 0.733. The molecule has 0 radical (unpaired) electrons. The van der Waals surface area contributed by atoms with Crippen molar-refractivity contribution in [3.63, 3.8) is 0 Å². The van der Waals surface area contributed by atoms with E-state index in [2.05, 4.69) is 24.0 Å². The van der Waals surface area contributed by atoms with Gasteiger partial charge in [-0.2, -0.15) is 5.10 Å². The molecule has 1 fully saturated rings. The van der Waals surface area contributed by atoms with E-state index in [9.17, 15) is 4.79 Å². The first-order valence-corrected chi connectivity index (χ1v) is 7.65. The van der Waals surface area contributed by atoms with Crippen molar-refractivity contribution in [2.24, 2.45) is 11.1 Å². The summed E-state index contributed by atoms with van der Waals surface area (Å²) in [6.07, 6.45) is 5.55. The van der Waals surface area contributed by atoms with Gasteiger partial charge in [-0.15, -0.1) is 0 Å². The number of carbonyl (C=O) groups excluding carboxylic acids is 1. The topological polar surface area (TPSA) is 75.0 Å². The lowest BCUT2D eigenvalue weighted by molar-refractivity contribution is -0.143. The maximum atomic E-state index is 12.8. The van der Waals surface area contributed by atoms with E-state index in [1.807, 2.05) is 11.0 Å². The first-order chi connectivity index (χ1) is 9.66. The molecule has 112 valence electrons. The zero-order valence-corrected chi connectivity index (χ0v) is 12.6. The Labute approximate surface area is 120 Å². The van der Waals surface area contributed by atoms with Gasteiger partial charge in [-0.3, -0.25) is 9.89 Å². The standard InChI is InChI=1S/C15H26N4O/c1-3-15(4-2,11-16)14(20)19-9-5-6-12(10-19)13-7-8-17-18-13/h7-8,12H,3-6,9-11,16H2,1-2H3,(H,17,18). The Bertz CT molecular complexity index is 417. The predicted molar refractivity (Wildman–Crippen MR) is 79.2 cm³/mol. The van der Waals surface area contributed by atoms with Crippen molar-refractivity contribution in [2.75, 3.05) is 19.6 Å². The van der Waals surface area contributed by atoms with Crippen molar-refractivity contribution in [3.05, 3.63) is 18.0 Å². The lowest BCUT2D eigenvalue weighted by Gasteiger charge is -2.39. The van der Waals surface area contributed by atoms with Crippen LogP contribution in [0.3, 0.4) is 0 Å². The van der Waals surface area contributed by atoms with Crippen LogP contribution in [0.1, 0.15) is 51.1 Å². The van der Waals surface area contributed by atoms with E-state index in [1.165, 1.54) is 0 Å². The summed E-state index contributed by atoms with van der Waals surface area (Å²) in [6, 6.07) is 2.01. The fourth-order valence-electron chi connectivity index (χ4n) is 3.17. The number of piperidine rings is 1. The van der Waals surface area contributed by atoms with E-state index >= 15 is 0 Å². The highest BCUT2D eigenvalue weighted by Crippen LogP contribution is 2.32. The van der Waals surface area contributed by atoms with Crippen LogP contribution in [-0.2, 0) is 4.79 Å². The van der Waals surface area contributed by atoms with Crippen molar-refractivity contribution >= 4 is 5.91 Å². The maximum absolute atomic E-state index is 12.8.